The number of anilines is 1. The minimum atomic E-state index is -0.509. The Kier molecular flexibility index (Phi) is 6.86. The van der Waals surface area contributed by atoms with Gasteiger partial charge in [-0.1, -0.05) is 30.7 Å². The Morgan fingerprint density at radius 2 is 1.82 bits per heavy atom. The fourth-order valence-electron chi connectivity index (χ4n) is 5.68. The molecule has 0 spiro atoms. The third-order valence-electron chi connectivity index (χ3n) is 7.57. The van der Waals surface area contributed by atoms with Crippen LogP contribution in [0.2, 0.25) is 5.02 Å². The zero-order valence-corrected chi connectivity index (χ0v) is 20.4. The van der Waals surface area contributed by atoms with Gasteiger partial charge in [0, 0.05) is 57.0 Å². The van der Waals surface area contributed by atoms with Crippen LogP contribution in [0.1, 0.15) is 48.1 Å². The summed E-state index contributed by atoms with van der Waals surface area (Å²) in [5.74, 6) is 0.904. The number of carbonyl (C=O) groups is 1. The van der Waals surface area contributed by atoms with Gasteiger partial charge in [0.1, 0.15) is 18.4 Å². The SMILES string of the molecule is COC1CN(C(C(C=O)c2ccc(Cl)cc2)N2CCN(c3ncnc4c3[C@H](C)C[C@H]4O)CC2)C1. The number of halogens is 1. The normalized spacial score (nSPS) is 25.6. The number of fused-ring (bicyclic) bond motifs is 1. The predicted octanol–water partition coefficient (Wildman–Crippen LogP) is 2.43. The summed E-state index contributed by atoms with van der Waals surface area (Å²) in [4.78, 5) is 28.4. The largest absolute Gasteiger partial charge is 0.387 e. The molecule has 2 unspecified atom stereocenters. The van der Waals surface area contributed by atoms with Gasteiger partial charge in [-0.25, -0.2) is 9.97 Å². The van der Waals surface area contributed by atoms with E-state index in [1.165, 1.54) is 0 Å². The number of benzene rings is 1. The van der Waals surface area contributed by atoms with E-state index in [1.807, 2.05) is 24.3 Å². The Bertz CT molecular complexity index is 1010. The number of aliphatic hydroxyl groups excluding tert-OH is 1. The molecule has 0 bridgehead atoms. The maximum Gasteiger partial charge on any atom is 0.135 e. The van der Waals surface area contributed by atoms with Crippen LogP contribution in [0.15, 0.2) is 30.6 Å². The van der Waals surface area contributed by atoms with Gasteiger partial charge < -0.3 is 19.5 Å². The van der Waals surface area contributed by atoms with Crippen molar-refractivity contribution in [1.29, 1.82) is 0 Å². The fourth-order valence-corrected chi connectivity index (χ4v) is 5.80. The lowest BCUT2D eigenvalue weighted by Gasteiger charge is -2.51. The van der Waals surface area contributed by atoms with Crippen LogP contribution in [0.4, 0.5) is 5.82 Å². The number of likely N-dealkylation sites (tertiary alicyclic amines) is 1. The van der Waals surface area contributed by atoms with Crippen LogP contribution in [0, 0.1) is 0 Å². The van der Waals surface area contributed by atoms with Gasteiger partial charge in [0.25, 0.3) is 0 Å². The summed E-state index contributed by atoms with van der Waals surface area (Å²) in [6.07, 6.45) is 2.99. The molecule has 34 heavy (non-hydrogen) atoms. The number of hydrogen-bond donors (Lipinski definition) is 1. The molecular formula is C25H32ClN5O3. The number of aldehydes is 1. The number of aromatic nitrogens is 2. The van der Waals surface area contributed by atoms with Gasteiger partial charge in [-0.05, 0) is 30.0 Å². The van der Waals surface area contributed by atoms with Crippen molar-refractivity contribution in [2.24, 2.45) is 0 Å². The number of hydrogen-bond acceptors (Lipinski definition) is 8. The van der Waals surface area contributed by atoms with E-state index in [0.29, 0.717) is 11.4 Å². The zero-order chi connectivity index (χ0) is 23.8. The maximum absolute atomic E-state index is 12.4. The second-order valence-corrected chi connectivity index (χ2v) is 10.0. The minimum absolute atomic E-state index is 0.0379. The lowest BCUT2D eigenvalue weighted by Crippen LogP contribution is -2.65. The van der Waals surface area contributed by atoms with Crippen LogP contribution in [0.3, 0.4) is 0 Å². The molecule has 2 aliphatic heterocycles. The summed E-state index contributed by atoms with van der Waals surface area (Å²) >= 11 is 6.10. The molecular weight excluding hydrogens is 454 g/mol. The summed E-state index contributed by atoms with van der Waals surface area (Å²) < 4.78 is 5.52. The first-order valence-electron chi connectivity index (χ1n) is 12.0. The van der Waals surface area contributed by atoms with Crippen molar-refractivity contribution in [1.82, 2.24) is 19.8 Å². The highest BCUT2D eigenvalue weighted by Gasteiger charge is 2.42. The predicted molar refractivity (Wildman–Crippen MR) is 130 cm³/mol. The summed E-state index contributed by atoms with van der Waals surface area (Å²) in [6, 6.07) is 7.60. The quantitative estimate of drug-likeness (QED) is 0.599. The molecule has 182 valence electrons. The average molecular weight is 486 g/mol. The molecule has 2 aromatic rings. The van der Waals surface area contributed by atoms with E-state index in [9.17, 15) is 9.90 Å². The minimum Gasteiger partial charge on any atom is -0.387 e. The van der Waals surface area contributed by atoms with Crippen molar-refractivity contribution < 1.29 is 14.6 Å². The number of piperazine rings is 1. The topological polar surface area (TPSA) is 82.0 Å². The molecule has 4 atom stereocenters. The first-order chi connectivity index (χ1) is 16.5. The molecule has 0 amide bonds. The molecule has 9 heteroatoms. The van der Waals surface area contributed by atoms with Gasteiger partial charge in [-0.15, -0.1) is 0 Å². The van der Waals surface area contributed by atoms with E-state index in [2.05, 4.69) is 31.6 Å². The molecule has 1 aromatic carbocycles. The molecule has 1 N–H and O–H groups in total. The lowest BCUT2D eigenvalue weighted by molar-refractivity contribution is -0.122. The summed E-state index contributed by atoms with van der Waals surface area (Å²) in [6.45, 7) is 6.99. The van der Waals surface area contributed by atoms with E-state index in [-0.39, 0.29) is 24.1 Å². The van der Waals surface area contributed by atoms with E-state index >= 15 is 0 Å². The Morgan fingerprint density at radius 1 is 1.12 bits per heavy atom. The van der Waals surface area contributed by atoms with Gasteiger partial charge in [-0.3, -0.25) is 9.80 Å². The van der Waals surface area contributed by atoms with Gasteiger partial charge >= 0.3 is 0 Å². The van der Waals surface area contributed by atoms with Crippen molar-refractivity contribution in [2.45, 2.75) is 43.6 Å². The lowest BCUT2D eigenvalue weighted by atomic mass is 9.92. The second kappa shape index (κ2) is 9.87. The van der Waals surface area contributed by atoms with Gasteiger partial charge in [0.15, 0.2) is 0 Å². The molecule has 2 saturated heterocycles. The summed E-state index contributed by atoms with van der Waals surface area (Å²) in [7, 11) is 1.74. The summed E-state index contributed by atoms with van der Waals surface area (Å²) in [5.41, 5.74) is 2.83. The number of nitrogens with zero attached hydrogens (tertiary/aromatic N) is 5. The van der Waals surface area contributed by atoms with Crippen molar-refractivity contribution in [3.63, 3.8) is 0 Å². The van der Waals surface area contributed by atoms with Crippen molar-refractivity contribution >= 4 is 23.7 Å². The Labute approximate surface area is 205 Å². The molecule has 2 fully saturated rings. The number of ether oxygens (including phenoxy) is 1. The molecule has 1 aromatic heterocycles. The average Bonchev–Trinajstić information content (AvgIpc) is 3.12. The van der Waals surface area contributed by atoms with E-state index < -0.39 is 6.10 Å². The Balaban J connectivity index is 1.35. The molecule has 1 aliphatic carbocycles. The molecule has 0 saturated carbocycles. The maximum atomic E-state index is 12.4. The monoisotopic (exact) mass is 485 g/mol. The van der Waals surface area contributed by atoms with Crippen molar-refractivity contribution in [2.75, 3.05) is 51.3 Å². The highest BCUT2D eigenvalue weighted by molar-refractivity contribution is 6.30. The number of methoxy groups -OCH3 is 1. The molecule has 0 radical (unpaired) electrons. The van der Waals surface area contributed by atoms with Gasteiger partial charge in [-0.2, -0.15) is 0 Å². The fraction of sp³-hybridized carbons (Fsp3) is 0.560. The van der Waals surface area contributed by atoms with Gasteiger partial charge in [0.05, 0.1) is 30.0 Å². The van der Waals surface area contributed by atoms with Crippen LogP contribution in [-0.4, -0.2) is 89.8 Å². The van der Waals surface area contributed by atoms with Crippen LogP contribution >= 0.6 is 11.6 Å². The highest BCUT2D eigenvalue weighted by atomic mass is 35.5. The van der Waals surface area contributed by atoms with E-state index in [0.717, 1.165) is 68.2 Å². The number of rotatable bonds is 7. The third kappa shape index (κ3) is 4.33. The van der Waals surface area contributed by atoms with Crippen LogP contribution in [-0.2, 0) is 9.53 Å². The van der Waals surface area contributed by atoms with E-state index in [1.54, 1.807) is 13.4 Å². The smallest absolute Gasteiger partial charge is 0.135 e. The standard InChI is InChI=1S/C25H32ClN5O3/c1-16-11-21(33)23-22(16)24(28-15-27-23)29-7-9-30(10-8-29)25(31-12-19(13-31)34-2)20(14-32)17-3-5-18(26)6-4-17/h3-6,14-16,19-21,25,33H,7-13H2,1-2H3/t16-,20?,21-,25?/m1/s1. The highest BCUT2D eigenvalue weighted by Crippen LogP contribution is 2.43. The number of aliphatic hydroxyl groups is 1. The molecule has 8 nitrogen and oxygen atoms in total. The van der Waals surface area contributed by atoms with Crippen LogP contribution < -0.4 is 4.90 Å². The second-order valence-electron chi connectivity index (χ2n) is 9.61. The van der Waals surface area contributed by atoms with Crippen molar-refractivity contribution in [3.05, 3.63) is 52.4 Å². The van der Waals surface area contributed by atoms with Crippen LogP contribution in [0.5, 0.6) is 0 Å². The first kappa shape index (κ1) is 23.6. The molecule has 5 rings (SSSR count). The zero-order valence-electron chi connectivity index (χ0n) is 19.7. The van der Waals surface area contributed by atoms with E-state index in [4.69, 9.17) is 16.3 Å². The Morgan fingerprint density at radius 3 is 2.47 bits per heavy atom. The third-order valence-corrected chi connectivity index (χ3v) is 7.83. The Hall–Kier alpha value is -2.10. The van der Waals surface area contributed by atoms with Crippen LogP contribution in [0.25, 0.3) is 0 Å². The van der Waals surface area contributed by atoms with Crippen molar-refractivity contribution in [3.8, 4) is 0 Å². The summed E-state index contributed by atoms with van der Waals surface area (Å²) in [5, 5.41) is 11.0. The first-order valence-corrected chi connectivity index (χ1v) is 12.4. The molecule has 3 aliphatic rings. The van der Waals surface area contributed by atoms with Gasteiger partial charge in [0.2, 0.25) is 0 Å². The molecule has 3 heterocycles. The number of carbonyl (C=O) groups excluding carboxylic acids is 1.